The number of hydrogen-bond acceptors (Lipinski definition) is 3. The number of aryl methyl sites for hydroxylation is 2. The van der Waals surface area contributed by atoms with E-state index in [0.717, 1.165) is 12.2 Å². The van der Waals surface area contributed by atoms with Crippen molar-refractivity contribution in [3.05, 3.63) is 11.3 Å². The summed E-state index contributed by atoms with van der Waals surface area (Å²) in [6.07, 6.45) is 5.33. The Morgan fingerprint density at radius 2 is 1.70 bits per heavy atom. The van der Waals surface area contributed by atoms with Crippen molar-refractivity contribution in [1.29, 1.82) is 0 Å². The van der Waals surface area contributed by atoms with Crippen molar-refractivity contribution in [1.82, 2.24) is 15.1 Å². The van der Waals surface area contributed by atoms with Crippen LogP contribution in [0.5, 0.6) is 0 Å². The van der Waals surface area contributed by atoms with Gasteiger partial charge in [0.2, 0.25) is 0 Å². The van der Waals surface area contributed by atoms with E-state index in [1.165, 1.54) is 50.2 Å². The van der Waals surface area contributed by atoms with Crippen LogP contribution >= 0.6 is 0 Å². The second-order valence-electron chi connectivity index (χ2n) is 7.02. The number of nitrogens with zero attached hydrogens (tertiary/aromatic N) is 3. The molecule has 114 valence electrons. The fraction of sp³-hybridized carbons (Fsp3) is 0.812. The summed E-state index contributed by atoms with van der Waals surface area (Å²) < 4.78 is 2.07. The molecular formula is C16H30N4. The van der Waals surface area contributed by atoms with Crippen LogP contribution in [-0.2, 0) is 13.6 Å². The van der Waals surface area contributed by atoms with Gasteiger partial charge >= 0.3 is 0 Å². The van der Waals surface area contributed by atoms with Crippen molar-refractivity contribution in [2.24, 2.45) is 7.05 Å². The second-order valence-corrected chi connectivity index (χ2v) is 7.02. The molecule has 1 N–H and O–H groups in total. The van der Waals surface area contributed by atoms with Crippen LogP contribution in [0, 0.1) is 6.92 Å². The van der Waals surface area contributed by atoms with Gasteiger partial charge in [-0.25, -0.2) is 0 Å². The Morgan fingerprint density at radius 3 is 2.25 bits per heavy atom. The van der Waals surface area contributed by atoms with Crippen LogP contribution in [0.3, 0.4) is 0 Å². The molecule has 4 heteroatoms. The predicted octanol–water partition coefficient (Wildman–Crippen LogP) is 3.00. The Morgan fingerprint density at radius 1 is 1.10 bits per heavy atom. The SMILES string of the molecule is Cc1nn(C)c(N2CCCCCC2)c1CNC(C)(C)C. The number of rotatable bonds is 3. The highest BCUT2D eigenvalue weighted by atomic mass is 15.4. The monoisotopic (exact) mass is 278 g/mol. The van der Waals surface area contributed by atoms with Gasteiger partial charge in [0.15, 0.2) is 0 Å². The zero-order valence-corrected chi connectivity index (χ0v) is 13.8. The van der Waals surface area contributed by atoms with Gasteiger partial charge in [0, 0.05) is 37.8 Å². The molecule has 1 saturated heterocycles. The van der Waals surface area contributed by atoms with Crippen LogP contribution in [0.25, 0.3) is 0 Å². The molecule has 1 aromatic rings. The summed E-state index contributed by atoms with van der Waals surface area (Å²) in [4.78, 5) is 2.53. The van der Waals surface area contributed by atoms with Gasteiger partial charge in [-0.1, -0.05) is 12.8 Å². The first-order chi connectivity index (χ1) is 9.38. The molecule has 0 spiro atoms. The van der Waals surface area contributed by atoms with Crippen LogP contribution in [0.4, 0.5) is 5.82 Å². The molecular weight excluding hydrogens is 248 g/mol. The molecule has 0 radical (unpaired) electrons. The van der Waals surface area contributed by atoms with Gasteiger partial charge in [-0.15, -0.1) is 0 Å². The molecule has 0 atom stereocenters. The minimum absolute atomic E-state index is 0.137. The molecule has 0 unspecified atom stereocenters. The average molecular weight is 278 g/mol. The quantitative estimate of drug-likeness (QED) is 0.922. The molecule has 0 bridgehead atoms. The Balaban J connectivity index is 2.22. The van der Waals surface area contributed by atoms with Crippen molar-refractivity contribution in [2.45, 2.75) is 65.5 Å². The maximum Gasteiger partial charge on any atom is 0.131 e. The van der Waals surface area contributed by atoms with E-state index in [9.17, 15) is 0 Å². The molecule has 20 heavy (non-hydrogen) atoms. The maximum absolute atomic E-state index is 4.65. The zero-order valence-electron chi connectivity index (χ0n) is 13.8. The maximum atomic E-state index is 4.65. The minimum Gasteiger partial charge on any atom is -0.357 e. The Labute approximate surface area is 123 Å². The van der Waals surface area contributed by atoms with Gasteiger partial charge in [-0.2, -0.15) is 5.10 Å². The summed E-state index contributed by atoms with van der Waals surface area (Å²) in [5.74, 6) is 1.32. The fourth-order valence-electron chi connectivity index (χ4n) is 2.93. The normalized spacial score (nSPS) is 17.4. The van der Waals surface area contributed by atoms with Crippen molar-refractivity contribution >= 4 is 5.82 Å². The van der Waals surface area contributed by atoms with Gasteiger partial charge in [0.05, 0.1) is 5.69 Å². The molecule has 1 aliphatic heterocycles. The fourth-order valence-corrected chi connectivity index (χ4v) is 2.93. The Kier molecular flexibility index (Phi) is 4.74. The molecule has 1 aliphatic rings. The number of hydrogen-bond donors (Lipinski definition) is 1. The molecule has 2 rings (SSSR count). The summed E-state index contributed by atoms with van der Waals surface area (Å²) in [5.41, 5.74) is 2.66. The lowest BCUT2D eigenvalue weighted by molar-refractivity contribution is 0.423. The van der Waals surface area contributed by atoms with E-state index in [0.29, 0.717) is 0 Å². The van der Waals surface area contributed by atoms with Crippen LogP contribution in [0.15, 0.2) is 0 Å². The van der Waals surface area contributed by atoms with Gasteiger partial charge in [0.25, 0.3) is 0 Å². The van der Waals surface area contributed by atoms with E-state index in [1.54, 1.807) is 0 Å². The second kappa shape index (κ2) is 6.17. The van der Waals surface area contributed by atoms with Crippen molar-refractivity contribution < 1.29 is 0 Å². The summed E-state index contributed by atoms with van der Waals surface area (Å²) >= 11 is 0. The number of anilines is 1. The molecule has 0 amide bonds. The third-order valence-corrected chi connectivity index (χ3v) is 4.01. The largest absolute Gasteiger partial charge is 0.357 e. The van der Waals surface area contributed by atoms with Gasteiger partial charge < -0.3 is 10.2 Å². The highest BCUT2D eigenvalue weighted by molar-refractivity contribution is 5.50. The summed E-state index contributed by atoms with van der Waals surface area (Å²) in [7, 11) is 2.08. The first-order valence-electron chi connectivity index (χ1n) is 7.91. The third kappa shape index (κ3) is 3.75. The highest BCUT2D eigenvalue weighted by Gasteiger charge is 2.21. The van der Waals surface area contributed by atoms with E-state index in [-0.39, 0.29) is 5.54 Å². The molecule has 0 aliphatic carbocycles. The number of aromatic nitrogens is 2. The van der Waals surface area contributed by atoms with E-state index in [1.807, 2.05) is 0 Å². The molecule has 1 aromatic heterocycles. The minimum atomic E-state index is 0.137. The highest BCUT2D eigenvalue weighted by Crippen LogP contribution is 2.26. The van der Waals surface area contributed by atoms with E-state index in [2.05, 4.69) is 54.7 Å². The van der Waals surface area contributed by atoms with Crippen LogP contribution in [-0.4, -0.2) is 28.4 Å². The van der Waals surface area contributed by atoms with Crippen molar-refractivity contribution in [3.8, 4) is 0 Å². The van der Waals surface area contributed by atoms with Crippen LogP contribution in [0.1, 0.15) is 57.7 Å². The van der Waals surface area contributed by atoms with Gasteiger partial charge in [-0.05, 0) is 40.5 Å². The lowest BCUT2D eigenvalue weighted by atomic mass is 10.1. The summed E-state index contributed by atoms with van der Waals surface area (Å²) in [5, 5.41) is 8.26. The molecule has 4 nitrogen and oxygen atoms in total. The smallest absolute Gasteiger partial charge is 0.131 e. The van der Waals surface area contributed by atoms with Crippen molar-refractivity contribution in [3.63, 3.8) is 0 Å². The third-order valence-electron chi connectivity index (χ3n) is 4.01. The van der Waals surface area contributed by atoms with Gasteiger partial charge in [-0.3, -0.25) is 4.68 Å². The zero-order chi connectivity index (χ0) is 14.8. The van der Waals surface area contributed by atoms with Crippen molar-refractivity contribution in [2.75, 3.05) is 18.0 Å². The Bertz CT molecular complexity index is 434. The lowest BCUT2D eigenvalue weighted by Gasteiger charge is -2.26. The average Bonchev–Trinajstić information content (AvgIpc) is 2.56. The molecule has 0 aromatic carbocycles. The lowest BCUT2D eigenvalue weighted by Crippen LogP contribution is -2.36. The number of nitrogens with one attached hydrogen (secondary N) is 1. The predicted molar refractivity (Wildman–Crippen MR) is 85.2 cm³/mol. The molecule has 1 fully saturated rings. The first-order valence-corrected chi connectivity index (χ1v) is 7.91. The van der Waals surface area contributed by atoms with Crippen LogP contribution < -0.4 is 10.2 Å². The summed E-state index contributed by atoms with van der Waals surface area (Å²) in [6.45, 7) is 12.0. The first kappa shape index (κ1) is 15.4. The molecule has 2 heterocycles. The Hall–Kier alpha value is -1.03. The van der Waals surface area contributed by atoms with Gasteiger partial charge in [0.1, 0.15) is 5.82 Å². The van der Waals surface area contributed by atoms with Crippen LogP contribution in [0.2, 0.25) is 0 Å². The standard InChI is InChI=1S/C16H30N4/c1-13-14(12-17-16(2,3)4)15(19(5)18-13)20-10-8-6-7-9-11-20/h17H,6-12H2,1-5H3. The van der Waals surface area contributed by atoms with E-state index < -0.39 is 0 Å². The summed E-state index contributed by atoms with van der Waals surface area (Å²) in [6, 6.07) is 0. The van der Waals surface area contributed by atoms with E-state index in [4.69, 9.17) is 0 Å². The molecule has 0 saturated carbocycles. The topological polar surface area (TPSA) is 33.1 Å². The van der Waals surface area contributed by atoms with E-state index >= 15 is 0 Å².